The Kier molecular flexibility index (Phi) is 6.16. The minimum Gasteiger partial charge on any atom is -0.492 e. The molecule has 1 aliphatic rings. The fraction of sp³-hybridized carbons (Fsp3) is 0.500. The Balaban J connectivity index is 1.52. The average Bonchev–Trinajstić information content (AvgIpc) is 3.18. The Bertz CT molecular complexity index is 741. The molecule has 24 heavy (non-hydrogen) atoms. The van der Waals surface area contributed by atoms with Gasteiger partial charge in [0.2, 0.25) is 0 Å². The van der Waals surface area contributed by atoms with Gasteiger partial charge < -0.3 is 14.0 Å². The van der Waals surface area contributed by atoms with Gasteiger partial charge in [-0.2, -0.15) is 5.10 Å². The van der Waals surface area contributed by atoms with Crippen molar-refractivity contribution in [3.63, 3.8) is 0 Å². The molecule has 1 aliphatic heterocycles. The minimum atomic E-state index is 0.233. The second-order valence-corrected chi connectivity index (χ2v) is 6.95. The maximum atomic E-state index is 6.09. The first-order chi connectivity index (χ1) is 11.6. The summed E-state index contributed by atoms with van der Waals surface area (Å²) in [6.07, 6.45) is 4.00. The molecule has 1 atom stereocenters. The maximum Gasteiger partial charge on any atom is 0.195 e. The van der Waals surface area contributed by atoms with Gasteiger partial charge in [-0.25, -0.2) is 0 Å². The molecule has 8 heteroatoms. The van der Waals surface area contributed by atoms with E-state index in [1.165, 1.54) is 0 Å². The number of aromatic amines is 1. The van der Waals surface area contributed by atoms with E-state index in [9.17, 15) is 0 Å². The number of aromatic nitrogens is 3. The lowest BCUT2D eigenvalue weighted by atomic mass is 10.2. The summed E-state index contributed by atoms with van der Waals surface area (Å²) in [5.74, 6) is 1.57. The quantitative estimate of drug-likeness (QED) is 0.563. The van der Waals surface area contributed by atoms with Crippen LogP contribution >= 0.6 is 35.4 Å². The van der Waals surface area contributed by atoms with Gasteiger partial charge in [0.05, 0.1) is 24.3 Å². The largest absolute Gasteiger partial charge is 0.492 e. The van der Waals surface area contributed by atoms with Crippen LogP contribution in [0, 0.1) is 4.77 Å². The highest BCUT2D eigenvalue weighted by atomic mass is 35.5. The van der Waals surface area contributed by atoms with Crippen LogP contribution < -0.4 is 4.74 Å². The van der Waals surface area contributed by atoms with Gasteiger partial charge in [0.25, 0.3) is 0 Å². The Morgan fingerprint density at radius 2 is 2.29 bits per heavy atom. The van der Waals surface area contributed by atoms with Crippen LogP contribution in [0.5, 0.6) is 5.75 Å². The van der Waals surface area contributed by atoms with Gasteiger partial charge in [-0.3, -0.25) is 5.10 Å². The molecule has 5 nitrogen and oxygen atoms in total. The summed E-state index contributed by atoms with van der Waals surface area (Å²) in [5, 5.41) is 8.30. The van der Waals surface area contributed by atoms with Crippen LogP contribution in [0.3, 0.4) is 0 Å². The van der Waals surface area contributed by atoms with Crippen molar-refractivity contribution in [3.05, 3.63) is 38.8 Å². The van der Waals surface area contributed by atoms with Crippen LogP contribution in [0.2, 0.25) is 10.0 Å². The summed E-state index contributed by atoms with van der Waals surface area (Å²) < 4.78 is 14.1. The first-order valence-electron chi connectivity index (χ1n) is 7.97. The van der Waals surface area contributed by atoms with Crippen LogP contribution in [-0.4, -0.2) is 34.1 Å². The average molecular weight is 388 g/mol. The number of H-pyrrole nitrogens is 1. The zero-order chi connectivity index (χ0) is 16.9. The molecule has 1 saturated heterocycles. The number of ether oxygens (including phenoxy) is 2. The van der Waals surface area contributed by atoms with E-state index in [-0.39, 0.29) is 6.10 Å². The molecule has 0 aliphatic carbocycles. The van der Waals surface area contributed by atoms with Gasteiger partial charge in [-0.15, -0.1) is 0 Å². The fourth-order valence-corrected chi connectivity index (χ4v) is 3.41. The van der Waals surface area contributed by atoms with Crippen molar-refractivity contribution in [2.45, 2.75) is 38.3 Å². The summed E-state index contributed by atoms with van der Waals surface area (Å²) in [5.41, 5.74) is 0. The van der Waals surface area contributed by atoms with Crippen molar-refractivity contribution < 1.29 is 9.47 Å². The Hall–Kier alpha value is -1.08. The standard InChI is InChI=1S/C16H19Cl2N3O2S/c17-11-5-6-14(13(18)9-11)23-8-2-4-15-19-20-16(24)21(15)10-12-3-1-7-22-12/h5-6,9,12H,1-4,7-8,10H2,(H,20,24)/t12-/m1/s1. The normalized spacial score (nSPS) is 17.3. The van der Waals surface area contributed by atoms with Crippen LogP contribution in [0.15, 0.2) is 18.2 Å². The molecule has 0 bridgehead atoms. The van der Waals surface area contributed by atoms with Crippen molar-refractivity contribution >= 4 is 35.4 Å². The third-order valence-electron chi connectivity index (χ3n) is 3.94. The molecule has 3 rings (SSSR count). The third-order valence-corrected chi connectivity index (χ3v) is 4.79. The Morgan fingerprint density at radius 3 is 3.04 bits per heavy atom. The number of benzene rings is 1. The topological polar surface area (TPSA) is 52.1 Å². The van der Waals surface area contributed by atoms with E-state index in [2.05, 4.69) is 10.2 Å². The summed E-state index contributed by atoms with van der Waals surface area (Å²) in [7, 11) is 0. The van der Waals surface area contributed by atoms with Crippen molar-refractivity contribution in [1.82, 2.24) is 14.8 Å². The van der Waals surface area contributed by atoms with Gasteiger partial charge in [0, 0.05) is 18.1 Å². The summed E-state index contributed by atoms with van der Waals surface area (Å²) in [6.45, 7) is 2.14. The molecule has 0 radical (unpaired) electrons. The van der Waals surface area contributed by atoms with Gasteiger partial charge in [-0.05, 0) is 49.7 Å². The Labute approximate surface area is 155 Å². The zero-order valence-corrected chi connectivity index (χ0v) is 15.5. The number of hydrogen-bond donors (Lipinski definition) is 1. The van der Waals surface area contributed by atoms with Crippen molar-refractivity contribution in [3.8, 4) is 5.75 Å². The molecule has 1 N–H and O–H groups in total. The zero-order valence-electron chi connectivity index (χ0n) is 13.1. The lowest BCUT2D eigenvalue weighted by Gasteiger charge is -2.12. The van der Waals surface area contributed by atoms with Crippen molar-refractivity contribution in [2.24, 2.45) is 0 Å². The summed E-state index contributed by atoms with van der Waals surface area (Å²) in [4.78, 5) is 0. The van der Waals surface area contributed by atoms with Crippen LogP contribution in [-0.2, 0) is 17.7 Å². The van der Waals surface area contributed by atoms with E-state index < -0.39 is 0 Å². The molecular weight excluding hydrogens is 369 g/mol. The molecular formula is C16H19Cl2N3O2S. The number of nitrogens with one attached hydrogen (secondary N) is 1. The third kappa shape index (κ3) is 4.51. The molecule has 2 heterocycles. The van der Waals surface area contributed by atoms with Crippen LogP contribution in [0.4, 0.5) is 0 Å². The molecule has 130 valence electrons. The van der Waals surface area contributed by atoms with E-state index in [4.69, 9.17) is 44.9 Å². The van der Waals surface area contributed by atoms with E-state index in [0.717, 1.165) is 44.7 Å². The molecule has 0 unspecified atom stereocenters. The number of aryl methyl sites for hydroxylation is 1. The van der Waals surface area contributed by atoms with Gasteiger partial charge in [-0.1, -0.05) is 23.2 Å². The van der Waals surface area contributed by atoms with Crippen LogP contribution in [0.1, 0.15) is 25.1 Å². The lowest BCUT2D eigenvalue weighted by molar-refractivity contribution is 0.0958. The van der Waals surface area contributed by atoms with E-state index in [1.54, 1.807) is 18.2 Å². The van der Waals surface area contributed by atoms with Crippen LogP contribution in [0.25, 0.3) is 0 Å². The Morgan fingerprint density at radius 1 is 1.42 bits per heavy atom. The van der Waals surface area contributed by atoms with E-state index >= 15 is 0 Å². The molecule has 1 aromatic carbocycles. The molecule has 1 fully saturated rings. The summed E-state index contributed by atoms with van der Waals surface area (Å²) in [6, 6.07) is 5.21. The number of nitrogens with zero attached hydrogens (tertiary/aromatic N) is 2. The SMILES string of the molecule is S=c1[nH]nc(CCCOc2ccc(Cl)cc2Cl)n1C[C@H]1CCCO1. The maximum absolute atomic E-state index is 6.09. The van der Waals surface area contributed by atoms with Crippen molar-refractivity contribution in [2.75, 3.05) is 13.2 Å². The smallest absolute Gasteiger partial charge is 0.195 e. The molecule has 0 saturated carbocycles. The van der Waals surface area contributed by atoms with Gasteiger partial charge >= 0.3 is 0 Å². The first-order valence-corrected chi connectivity index (χ1v) is 9.13. The van der Waals surface area contributed by atoms with E-state index in [0.29, 0.717) is 27.2 Å². The lowest BCUT2D eigenvalue weighted by Crippen LogP contribution is -2.17. The minimum absolute atomic E-state index is 0.233. The predicted molar refractivity (Wildman–Crippen MR) is 96.7 cm³/mol. The monoisotopic (exact) mass is 387 g/mol. The molecule has 0 spiro atoms. The van der Waals surface area contributed by atoms with Gasteiger partial charge in [0.1, 0.15) is 11.6 Å². The molecule has 0 amide bonds. The molecule has 1 aromatic heterocycles. The summed E-state index contributed by atoms with van der Waals surface area (Å²) >= 11 is 17.3. The molecule has 2 aromatic rings. The first kappa shape index (κ1) is 17.7. The highest BCUT2D eigenvalue weighted by Gasteiger charge is 2.18. The highest BCUT2D eigenvalue weighted by Crippen LogP contribution is 2.27. The predicted octanol–water partition coefficient (Wildman–Crippen LogP) is 4.44. The van der Waals surface area contributed by atoms with Crippen molar-refractivity contribution in [1.29, 1.82) is 0 Å². The number of rotatable bonds is 7. The second-order valence-electron chi connectivity index (χ2n) is 5.72. The number of hydrogen-bond acceptors (Lipinski definition) is 4. The van der Waals surface area contributed by atoms with E-state index in [1.807, 2.05) is 4.57 Å². The fourth-order valence-electron chi connectivity index (χ4n) is 2.73. The van der Waals surface area contributed by atoms with Gasteiger partial charge in [0.15, 0.2) is 4.77 Å². The number of halogens is 2. The highest BCUT2D eigenvalue weighted by molar-refractivity contribution is 7.71. The second kappa shape index (κ2) is 8.34.